The number of hydrogen-bond donors (Lipinski definition) is 0. The second-order valence-corrected chi connectivity index (χ2v) is 12.6. The van der Waals surface area contributed by atoms with Crippen LogP contribution in [0.2, 0.25) is 0 Å². The molecule has 0 unspecified atom stereocenters. The van der Waals surface area contributed by atoms with Gasteiger partial charge >= 0.3 is 0 Å². The third kappa shape index (κ3) is 4.84. The summed E-state index contributed by atoms with van der Waals surface area (Å²) < 4.78 is 6.74. The molecule has 6 heteroatoms. The second kappa shape index (κ2) is 11.8. The van der Waals surface area contributed by atoms with Crippen molar-refractivity contribution in [1.29, 1.82) is 0 Å². The molecule has 51 heavy (non-hydrogen) atoms. The molecule has 0 bridgehead atoms. The van der Waals surface area contributed by atoms with Gasteiger partial charge in [-0.3, -0.25) is 0 Å². The van der Waals surface area contributed by atoms with Crippen molar-refractivity contribution in [3.63, 3.8) is 0 Å². The monoisotopic (exact) mass is 654 g/mol. The molecule has 6 aromatic carbocycles. The van der Waals surface area contributed by atoms with Crippen LogP contribution in [0.5, 0.6) is 0 Å². The smallest absolute Gasteiger partial charge is 0.181 e. The molecule has 0 atom stereocenters. The Bertz CT molecular complexity index is 2520. The summed E-state index contributed by atoms with van der Waals surface area (Å²) in [6.45, 7) is 0. The molecule has 10 rings (SSSR count). The highest BCUT2D eigenvalue weighted by atomic mass is 15.1. The molecule has 10 aromatic rings. The van der Waals surface area contributed by atoms with Crippen molar-refractivity contribution >= 4 is 32.7 Å². The van der Waals surface area contributed by atoms with Gasteiger partial charge in [0.05, 0.1) is 33.6 Å². The third-order valence-electron chi connectivity index (χ3n) is 9.50. The molecule has 0 saturated carbocycles. The fourth-order valence-electron chi connectivity index (χ4n) is 7.24. The van der Waals surface area contributed by atoms with Crippen LogP contribution >= 0.6 is 0 Å². The number of aromatic nitrogens is 6. The summed E-state index contributed by atoms with van der Waals surface area (Å²) in [5, 5.41) is 3.32. The fraction of sp³-hybridized carbons (Fsp3) is 0. The molecule has 0 aliphatic heterocycles. The highest BCUT2D eigenvalue weighted by Gasteiger charge is 2.23. The zero-order chi connectivity index (χ0) is 33.7. The fourth-order valence-corrected chi connectivity index (χ4v) is 7.24. The van der Waals surface area contributed by atoms with E-state index < -0.39 is 0 Å². The maximum Gasteiger partial charge on any atom is 0.181 e. The molecular formula is C45H30N6. The van der Waals surface area contributed by atoms with E-state index in [2.05, 4.69) is 177 Å². The average Bonchev–Trinajstić information content (AvgIpc) is 3.91. The van der Waals surface area contributed by atoms with Crippen LogP contribution in [0.25, 0.3) is 84.3 Å². The van der Waals surface area contributed by atoms with Gasteiger partial charge in [-0.05, 0) is 72.8 Å². The van der Waals surface area contributed by atoms with E-state index in [0.29, 0.717) is 17.5 Å². The van der Waals surface area contributed by atoms with E-state index in [9.17, 15) is 0 Å². The van der Waals surface area contributed by atoms with Crippen molar-refractivity contribution in [3.05, 3.63) is 182 Å². The number of rotatable bonds is 6. The summed E-state index contributed by atoms with van der Waals surface area (Å²) in [5.74, 6) is 1.76. The maximum atomic E-state index is 5.35. The topological polar surface area (TPSA) is 53.5 Å². The average molecular weight is 655 g/mol. The molecule has 6 nitrogen and oxygen atoms in total. The van der Waals surface area contributed by atoms with Crippen molar-refractivity contribution in [3.8, 4) is 51.6 Å². The first kappa shape index (κ1) is 28.9. The Hall–Kier alpha value is -7.05. The third-order valence-corrected chi connectivity index (χ3v) is 9.50. The van der Waals surface area contributed by atoms with Gasteiger partial charge in [-0.2, -0.15) is 0 Å². The van der Waals surface area contributed by atoms with E-state index in [-0.39, 0.29) is 0 Å². The molecule has 0 fully saturated rings. The lowest BCUT2D eigenvalue weighted by Gasteiger charge is -2.15. The first-order valence-corrected chi connectivity index (χ1v) is 17.1. The lowest BCUT2D eigenvalue weighted by Crippen LogP contribution is -2.07. The van der Waals surface area contributed by atoms with E-state index >= 15 is 0 Å². The number of fused-ring (bicyclic) bond motifs is 3. The number of benzene rings is 6. The Morgan fingerprint density at radius 1 is 0.275 bits per heavy atom. The standard InChI is InChI=1S/C45H30N6/c1-4-19-34(20-5-1)49-37-25-13-10-16-31(37)28-40(49)43-46-44(41-29-32-17-11-14-26-38(32)50(41)35-21-6-2-7-22-35)48-45(47-43)42-30-33-18-12-15-27-39(33)51(42)36-23-8-3-9-24-36/h1-30H. The normalized spacial score (nSPS) is 11.5. The summed E-state index contributed by atoms with van der Waals surface area (Å²) >= 11 is 0. The molecule has 0 N–H and O–H groups in total. The Labute approximate surface area is 294 Å². The molecule has 4 heterocycles. The lowest BCUT2D eigenvalue weighted by atomic mass is 10.2. The van der Waals surface area contributed by atoms with E-state index in [1.165, 1.54) is 0 Å². The molecule has 0 radical (unpaired) electrons. The van der Waals surface area contributed by atoms with Crippen molar-refractivity contribution < 1.29 is 0 Å². The molecule has 0 amide bonds. The van der Waals surface area contributed by atoms with Gasteiger partial charge in [-0.1, -0.05) is 109 Å². The van der Waals surface area contributed by atoms with Gasteiger partial charge in [-0.25, -0.2) is 15.0 Å². The van der Waals surface area contributed by atoms with Crippen LogP contribution in [0.15, 0.2) is 182 Å². The van der Waals surface area contributed by atoms with Crippen LogP contribution in [0.1, 0.15) is 0 Å². The van der Waals surface area contributed by atoms with E-state index in [1.54, 1.807) is 0 Å². The zero-order valence-corrected chi connectivity index (χ0v) is 27.5. The Morgan fingerprint density at radius 3 is 0.824 bits per heavy atom. The Kier molecular flexibility index (Phi) is 6.70. The van der Waals surface area contributed by atoms with Crippen LogP contribution in [-0.2, 0) is 0 Å². The predicted octanol–water partition coefficient (Wildman–Crippen LogP) is 10.7. The quantitative estimate of drug-likeness (QED) is 0.179. The second-order valence-electron chi connectivity index (χ2n) is 12.6. The van der Waals surface area contributed by atoms with Crippen LogP contribution in [-0.4, -0.2) is 28.7 Å². The highest BCUT2D eigenvalue weighted by molar-refractivity contribution is 5.92. The molecule has 0 saturated heterocycles. The van der Waals surface area contributed by atoms with Crippen molar-refractivity contribution in [1.82, 2.24) is 28.7 Å². The van der Waals surface area contributed by atoms with Crippen LogP contribution < -0.4 is 0 Å². The van der Waals surface area contributed by atoms with Crippen LogP contribution in [0, 0.1) is 0 Å². The molecule has 0 aliphatic rings. The zero-order valence-electron chi connectivity index (χ0n) is 27.5. The summed E-state index contributed by atoms with van der Waals surface area (Å²) in [6, 6.07) is 63.1. The first-order chi connectivity index (χ1) is 25.3. The van der Waals surface area contributed by atoms with Gasteiger partial charge < -0.3 is 13.7 Å². The van der Waals surface area contributed by atoms with Gasteiger partial charge in [0.1, 0.15) is 0 Å². The minimum atomic E-state index is 0.588. The van der Waals surface area contributed by atoms with Gasteiger partial charge in [0.25, 0.3) is 0 Å². The first-order valence-electron chi connectivity index (χ1n) is 17.1. The largest absolute Gasteiger partial charge is 0.306 e. The summed E-state index contributed by atoms with van der Waals surface area (Å²) in [6.07, 6.45) is 0. The van der Waals surface area contributed by atoms with Crippen molar-refractivity contribution in [2.24, 2.45) is 0 Å². The van der Waals surface area contributed by atoms with E-state index in [0.717, 1.165) is 66.9 Å². The number of para-hydroxylation sites is 6. The summed E-state index contributed by atoms with van der Waals surface area (Å²) in [4.78, 5) is 16.0. The van der Waals surface area contributed by atoms with Gasteiger partial charge in [-0.15, -0.1) is 0 Å². The van der Waals surface area contributed by atoms with Crippen molar-refractivity contribution in [2.75, 3.05) is 0 Å². The van der Waals surface area contributed by atoms with Crippen LogP contribution in [0.3, 0.4) is 0 Å². The molecule has 0 spiro atoms. The van der Waals surface area contributed by atoms with E-state index in [4.69, 9.17) is 15.0 Å². The highest BCUT2D eigenvalue weighted by Crippen LogP contribution is 2.36. The minimum absolute atomic E-state index is 0.588. The van der Waals surface area contributed by atoms with Crippen molar-refractivity contribution in [2.45, 2.75) is 0 Å². The summed E-state index contributed by atoms with van der Waals surface area (Å²) in [5.41, 5.74) is 9.01. The Morgan fingerprint density at radius 2 is 0.529 bits per heavy atom. The lowest BCUT2D eigenvalue weighted by molar-refractivity contribution is 0.992. The summed E-state index contributed by atoms with van der Waals surface area (Å²) in [7, 11) is 0. The van der Waals surface area contributed by atoms with Gasteiger partial charge in [0, 0.05) is 33.2 Å². The number of hydrogen-bond acceptors (Lipinski definition) is 3. The minimum Gasteiger partial charge on any atom is -0.306 e. The molecule has 240 valence electrons. The maximum absolute atomic E-state index is 5.35. The Balaban J connectivity index is 1.31. The molecular weight excluding hydrogens is 625 g/mol. The molecule has 0 aliphatic carbocycles. The molecule has 4 aromatic heterocycles. The van der Waals surface area contributed by atoms with Crippen LogP contribution in [0.4, 0.5) is 0 Å². The number of nitrogens with zero attached hydrogens (tertiary/aromatic N) is 6. The van der Waals surface area contributed by atoms with Gasteiger partial charge in [0.2, 0.25) is 0 Å². The van der Waals surface area contributed by atoms with E-state index in [1.807, 2.05) is 18.2 Å². The predicted molar refractivity (Wildman–Crippen MR) is 207 cm³/mol. The SMILES string of the molecule is c1ccc(-n2c(-c3nc(-c4cc5ccccc5n4-c4ccccc4)nc(-c4cc5ccccc5n4-c4ccccc4)n3)cc3ccccc32)cc1. The van der Waals surface area contributed by atoms with Gasteiger partial charge in [0.15, 0.2) is 17.5 Å².